The zero-order valence-corrected chi connectivity index (χ0v) is 17.3. The average molecular weight is 484 g/mol. The number of phenolic OH excluding ortho intramolecular Hbond substituents is 1. The molecule has 0 unspecified atom stereocenters. The van der Waals surface area contributed by atoms with Gasteiger partial charge in [-0.05, 0) is 52.2 Å². The van der Waals surface area contributed by atoms with Crippen LogP contribution in [0.25, 0.3) is 0 Å². The van der Waals surface area contributed by atoms with Crippen molar-refractivity contribution < 1.29 is 37.4 Å². The van der Waals surface area contributed by atoms with Crippen molar-refractivity contribution in [2.45, 2.75) is 25.9 Å². The Kier molecular flexibility index (Phi) is 6.70. The quantitative estimate of drug-likeness (QED) is 0.397. The first-order valence-corrected chi connectivity index (χ1v) is 10.6. The Balaban J connectivity index is 2.46. The lowest BCUT2D eigenvalue weighted by Crippen LogP contribution is -2.10. The third-order valence-corrected chi connectivity index (χ3v) is 4.84. The van der Waals surface area contributed by atoms with E-state index < -0.39 is 31.4 Å². The zero-order valence-electron chi connectivity index (χ0n) is 14.8. The first-order chi connectivity index (χ1) is 12.8. The van der Waals surface area contributed by atoms with Crippen molar-refractivity contribution in [3.8, 4) is 17.2 Å². The lowest BCUT2D eigenvalue weighted by molar-refractivity contribution is -0.138. The lowest BCUT2D eigenvalue weighted by Gasteiger charge is -2.19. The fraction of sp³-hybridized carbons (Fsp3) is 0.294. The van der Waals surface area contributed by atoms with E-state index in [9.17, 15) is 22.8 Å². The van der Waals surface area contributed by atoms with Gasteiger partial charge in [0, 0.05) is 11.3 Å². The molecule has 0 saturated heterocycles. The van der Waals surface area contributed by atoms with Crippen molar-refractivity contribution >= 4 is 29.2 Å². The number of hydrogen-bond donors (Lipinski definition) is 4. The molecule has 0 aromatic heterocycles. The first-order valence-electron chi connectivity index (χ1n) is 7.98. The van der Waals surface area contributed by atoms with Crippen LogP contribution in [-0.4, -0.2) is 21.2 Å². The largest absolute Gasteiger partial charge is 0.508 e. The summed E-state index contributed by atoms with van der Waals surface area (Å²) in [5, 5.41) is 12.1. The van der Waals surface area contributed by atoms with E-state index in [0.717, 1.165) is 0 Å². The number of aromatic hydroxyl groups is 1. The first kappa shape index (κ1) is 22.5. The Hall–Kier alpha value is -1.74. The number of nitrogens with one attached hydrogen (secondary N) is 1. The number of phenols is 1. The molecule has 0 spiro atoms. The van der Waals surface area contributed by atoms with Crippen LogP contribution in [0.3, 0.4) is 0 Å². The summed E-state index contributed by atoms with van der Waals surface area (Å²) in [6.45, 7) is 3.63. The molecule has 0 radical (unpaired) electrons. The molecule has 2 aromatic rings. The van der Waals surface area contributed by atoms with E-state index in [1.54, 1.807) is 0 Å². The maximum absolute atomic E-state index is 13.5. The molecule has 0 atom stereocenters. The van der Waals surface area contributed by atoms with Crippen LogP contribution in [-0.2, 0) is 10.7 Å². The van der Waals surface area contributed by atoms with Crippen LogP contribution in [0.1, 0.15) is 30.9 Å². The molecule has 0 aliphatic rings. The van der Waals surface area contributed by atoms with Gasteiger partial charge in [0.05, 0.1) is 4.47 Å². The van der Waals surface area contributed by atoms with Crippen LogP contribution >= 0.6 is 23.5 Å². The van der Waals surface area contributed by atoms with Gasteiger partial charge in [-0.2, -0.15) is 13.2 Å². The van der Waals surface area contributed by atoms with Gasteiger partial charge in [0.25, 0.3) is 0 Å². The van der Waals surface area contributed by atoms with Gasteiger partial charge in [0.2, 0.25) is 0 Å². The molecule has 4 N–H and O–H groups in total. The van der Waals surface area contributed by atoms with E-state index in [0.29, 0.717) is 11.6 Å². The van der Waals surface area contributed by atoms with E-state index in [-0.39, 0.29) is 27.6 Å². The predicted octanol–water partition coefficient (Wildman–Crippen LogP) is 5.64. The van der Waals surface area contributed by atoms with Crippen molar-refractivity contribution in [1.82, 2.24) is 0 Å². The molecular weight excluding hydrogens is 466 g/mol. The van der Waals surface area contributed by atoms with Gasteiger partial charge in [0.15, 0.2) is 5.75 Å². The van der Waals surface area contributed by atoms with Gasteiger partial charge >= 0.3 is 13.8 Å². The SMILES string of the molecule is CC(C)c1cc(Oc2c(Br)cc(NCP(=O)(O)O)cc2C(F)(F)F)ccc1O. The van der Waals surface area contributed by atoms with E-state index >= 15 is 0 Å². The van der Waals surface area contributed by atoms with Crippen molar-refractivity contribution in [3.63, 3.8) is 0 Å². The summed E-state index contributed by atoms with van der Waals surface area (Å²) >= 11 is 3.02. The van der Waals surface area contributed by atoms with E-state index in [1.165, 1.54) is 24.3 Å². The Morgan fingerprint density at radius 1 is 1.21 bits per heavy atom. The van der Waals surface area contributed by atoms with Crippen molar-refractivity contribution in [2.24, 2.45) is 0 Å². The lowest BCUT2D eigenvalue weighted by atomic mass is 10.0. The maximum Gasteiger partial charge on any atom is 0.420 e. The highest BCUT2D eigenvalue weighted by Gasteiger charge is 2.36. The van der Waals surface area contributed by atoms with E-state index in [4.69, 9.17) is 14.5 Å². The molecule has 154 valence electrons. The molecular formula is C17H18BrF3NO5P. The van der Waals surface area contributed by atoms with Gasteiger partial charge in [-0.1, -0.05) is 13.8 Å². The number of halogens is 4. The number of benzene rings is 2. The fourth-order valence-electron chi connectivity index (χ4n) is 2.38. The van der Waals surface area contributed by atoms with Crippen LogP contribution in [0, 0.1) is 0 Å². The molecule has 0 saturated carbocycles. The Labute approximate surface area is 167 Å². The minimum absolute atomic E-state index is 0.00875. The summed E-state index contributed by atoms with van der Waals surface area (Å²) in [5.74, 6) is -0.471. The normalized spacial score (nSPS) is 12.3. The molecule has 2 aromatic carbocycles. The molecule has 0 amide bonds. The van der Waals surface area contributed by atoms with Crippen molar-refractivity contribution in [1.29, 1.82) is 0 Å². The van der Waals surface area contributed by atoms with E-state index in [2.05, 4.69) is 21.2 Å². The van der Waals surface area contributed by atoms with Crippen molar-refractivity contribution in [3.05, 3.63) is 45.9 Å². The van der Waals surface area contributed by atoms with Gasteiger partial charge in [-0.15, -0.1) is 0 Å². The topological polar surface area (TPSA) is 99.0 Å². The molecule has 0 heterocycles. The second-order valence-corrected chi connectivity index (χ2v) is 8.81. The Morgan fingerprint density at radius 2 is 1.86 bits per heavy atom. The third-order valence-electron chi connectivity index (χ3n) is 3.68. The van der Waals surface area contributed by atoms with E-state index in [1.807, 2.05) is 13.8 Å². The summed E-state index contributed by atoms with van der Waals surface area (Å²) in [7, 11) is -4.45. The number of rotatable bonds is 6. The minimum Gasteiger partial charge on any atom is -0.508 e. The summed E-state index contributed by atoms with van der Waals surface area (Å²) in [5.41, 5.74) is -0.750. The number of alkyl halides is 3. The average Bonchev–Trinajstić information content (AvgIpc) is 2.54. The van der Waals surface area contributed by atoms with Crippen LogP contribution in [0.5, 0.6) is 17.2 Å². The molecule has 0 fully saturated rings. The molecule has 28 heavy (non-hydrogen) atoms. The van der Waals surface area contributed by atoms with Gasteiger partial charge in [-0.25, -0.2) is 0 Å². The minimum atomic E-state index is -4.78. The predicted molar refractivity (Wildman–Crippen MR) is 102 cm³/mol. The standard InChI is InChI=1S/C17H18BrF3NO5P/c1-9(2)12-7-11(3-4-15(12)23)27-16-13(17(19,20)21)5-10(6-14(16)18)22-8-28(24,25)26/h3-7,9,22-23H,8H2,1-2H3,(H2,24,25,26). The third kappa shape index (κ3) is 5.88. The molecule has 2 rings (SSSR count). The van der Waals surface area contributed by atoms with Gasteiger partial charge < -0.3 is 24.9 Å². The molecule has 6 nitrogen and oxygen atoms in total. The van der Waals surface area contributed by atoms with Crippen LogP contribution in [0.4, 0.5) is 18.9 Å². The summed E-state index contributed by atoms with van der Waals surface area (Å²) in [4.78, 5) is 17.8. The summed E-state index contributed by atoms with van der Waals surface area (Å²) in [6.07, 6.45) is -5.60. The summed E-state index contributed by atoms with van der Waals surface area (Å²) < 4.78 is 56.9. The van der Waals surface area contributed by atoms with Crippen molar-refractivity contribution in [2.75, 3.05) is 11.6 Å². The second-order valence-electron chi connectivity index (χ2n) is 6.31. The van der Waals surface area contributed by atoms with Crippen LogP contribution in [0.15, 0.2) is 34.8 Å². The zero-order chi connectivity index (χ0) is 21.3. The Morgan fingerprint density at radius 3 is 2.39 bits per heavy atom. The van der Waals surface area contributed by atoms with Crippen LogP contribution in [0.2, 0.25) is 0 Å². The molecule has 11 heteroatoms. The second kappa shape index (κ2) is 8.32. The number of hydrogen-bond acceptors (Lipinski definition) is 4. The van der Waals surface area contributed by atoms with Gasteiger partial charge in [-0.3, -0.25) is 4.57 Å². The Bertz CT molecular complexity index is 914. The highest BCUT2D eigenvalue weighted by Crippen LogP contribution is 2.45. The highest BCUT2D eigenvalue weighted by atomic mass is 79.9. The molecule has 0 bridgehead atoms. The van der Waals surface area contributed by atoms with Gasteiger partial charge in [0.1, 0.15) is 23.3 Å². The van der Waals surface area contributed by atoms with Crippen LogP contribution < -0.4 is 10.1 Å². The maximum atomic E-state index is 13.5. The summed E-state index contributed by atoms with van der Waals surface area (Å²) in [6, 6.07) is 6.06. The smallest absolute Gasteiger partial charge is 0.420 e. The molecule has 0 aliphatic carbocycles. The number of ether oxygens (including phenoxy) is 1. The molecule has 0 aliphatic heterocycles. The highest BCUT2D eigenvalue weighted by molar-refractivity contribution is 9.10. The fourth-order valence-corrected chi connectivity index (χ4v) is 3.31. The monoisotopic (exact) mass is 483 g/mol. The number of anilines is 1.